The van der Waals surface area contributed by atoms with Crippen LogP contribution in [0.5, 0.6) is 0 Å². The van der Waals surface area contributed by atoms with Gasteiger partial charge in [-0.3, -0.25) is 4.90 Å². The second-order valence-electron chi connectivity index (χ2n) is 7.01. The lowest BCUT2D eigenvalue weighted by Gasteiger charge is -2.35. The molecule has 2 fully saturated rings. The van der Waals surface area contributed by atoms with Crippen LogP contribution >= 0.6 is 0 Å². The Morgan fingerprint density at radius 3 is 2.58 bits per heavy atom. The third-order valence-corrected chi connectivity index (χ3v) is 4.89. The summed E-state index contributed by atoms with van der Waals surface area (Å²) in [6.45, 7) is 9.04. The summed E-state index contributed by atoms with van der Waals surface area (Å²) in [6.07, 6.45) is 8.45. The molecular weight excluding hydrogens is 236 g/mol. The van der Waals surface area contributed by atoms with Crippen molar-refractivity contribution in [2.24, 2.45) is 5.92 Å². The van der Waals surface area contributed by atoms with Crippen molar-refractivity contribution >= 4 is 0 Å². The van der Waals surface area contributed by atoms with E-state index >= 15 is 0 Å². The van der Waals surface area contributed by atoms with Crippen molar-refractivity contribution in [1.82, 2.24) is 10.2 Å². The van der Waals surface area contributed by atoms with Crippen LogP contribution < -0.4 is 5.32 Å². The van der Waals surface area contributed by atoms with Gasteiger partial charge in [0.05, 0.1) is 5.60 Å². The molecule has 1 heterocycles. The molecule has 1 aliphatic heterocycles. The topological polar surface area (TPSA) is 24.5 Å². The van der Waals surface area contributed by atoms with Crippen molar-refractivity contribution in [3.05, 3.63) is 0 Å². The number of hydrogen-bond donors (Lipinski definition) is 1. The van der Waals surface area contributed by atoms with Crippen LogP contribution in [0.1, 0.15) is 52.4 Å². The van der Waals surface area contributed by atoms with E-state index in [1.165, 1.54) is 58.2 Å². The van der Waals surface area contributed by atoms with Crippen LogP contribution in [0.4, 0.5) is 0 Å². The largest absolute Gasteiger partial charge is 0.377 e. The van der Waals surface area contributed by atoms with Gasteiger partial charge in [-0.2, -0.15) is 0 Å². The highest BCUT2D eigenvalue weighted by molar-refractivity contribution is 4.86. The van der Waals surface area contributed by atoms with Crippen LogP contribution in [0.3, 0.4) is 0 Å². The van der Waals surface area contributed by atoms with Crippen LogP contribution in [0.25, 0.3) is 0 Å². The van der Waals surface area contributed by atoms with Gasteiger partial charge in [0.25, 0.3) is 0 Å². The Balaban J connectivity index is 1.90. The van der Waals surface area contributed by atoms with Crippen LogP contribution in [0, 0.1) is 5.92 Å². The van der Waals surface area contributed by atoms with E-state index in [1.54, 1.807) is 0 Å². The minimum absolute atomic E-state index is 0.0263. The highest BCUT2D eigenvalue weighted by atomic mass is 16.5. The lowest BCUT2D eigenvalue weighted by molar-refractivity contribution is -0.00918. The molecule has 0 aromatic heterocycles. The molecule has 1 atom stereocenters. The lowest BCUT2D eigenvalue weighted by Crippen LogP contribution is -2.47. The van der Waals surface area contributed by atoms with E-state index in [0.717, 1.165) is 12.5 Å². The Bertz CT molecular complexity index is 261. The van der Waals surface area contributed by atoms with E-state index < -0.39 is 0 Å². The second-order valence-corrected chi connectivity index (χ2v) is 7.01. The molecule has 112 valence electrons. The van der Waals surface area contributed by atoms with Gasteiger partial charge in [0.2, 0.25) is 0 Å². The van der Waals surface area contributed by atoms with Crippen LogP contribution in [-0.4, -0.2) is 49.8 Å². The van der Waals surface area contributed by atoms with Crippen LogP contribution in [0.15, 0.2) is 0 Å². The first-order chi connectivity index (χ1) is 9.11. The van der Waals surface area contributed by atoms with Gasteiger partial charge < -0.3 is 10.1 Å². The van der Waals surface area contributed by atoms with E-state index in [9.17, 15) is 0 Å². The average molecular weight is 268 g/mol. The monoisotopic (exact) mass is 268 g/mol. The number of methoxy groups -OCH3 is 1. The molecule has 3 nitrogen and oxygen atoms in total. The van der Waals surface area contributed by atoms with E-state index in [0.29, 0.717) is 6.04 Å². The van der Waals surface area contributed by atoms with E-state index in [-0.39, 0.29) is 5.60 Å². The second kappa shape index (κ2) is 7.05. The molecule has 0 spiro atoms. The summed E-state index contributed by atoms with van der Waals surface area (Å²) in [6, 6.07) is 0.704. The highest BCUT2D eigenvalue weighted by Crippen LogP contribution is 2.28. The van der Waals surface area contributed by atoms with Gasteiger partial charge in [-0.25, -0.2) is 0 Å². The summed E-state index contributed by atoms with van der Waals surface area (Å²) in [5, 5.41) is 3.80. The van der Waals surface area contributed by atoms with Gasteiger partial charge in [-0.1, -0.05) is 19.3 Å². The Labute approximate surface area is 119 Å². The number of rotatable bonds is 4. The summed E-state index contributed by atoms with van der Waals surface area (Å²) in [7, 11) is 1.83. The third-order valence-electron chi connectivity index (χ3n) is 4.89. The lowest BCUT2D eigenvalue weighted by atomic mass is 9.83. The molecule has 0 aromatic rings. The minimum Gasteiger partial charge on any atom is -0.377 e. The molecule has 0 radical (unpaired) electrons. The highest BCUT2D eigenvalue weighted by Gasteiger charge is 2.29. The Morgan fingerprint density at radius 1 is 1.16 bits per heavy atom. The first-order valence-electron chi connectivity index (χ1n) is 8.11. The zero-order valence-electron chi connectivity index (χ0n) is 13.1. The maximum absolute atomic E-state index is 5.60. The van der Waals surface area contributed by atoms with Gasteiger partial charge in [-0.15, -0.1) is 0 Å². The smallest absolute Gasteiger partial charge is 0.0749 e. The summed E-state index contributed by atoms with van der Waals surface area (Å²) >= 11 is 0. The summed E-state index contributed by atoms with van der Waals surface area (Å²) in [5.41, 5.74) is -0.0263. The molecule has 1 saturated carbocycles. The molecule has 1 aliphatic carbocycles. The van der Waals surface area contributed by atoms with Crippen molar-refractivity contribution in [2.75, 3.05) is 33.3 Å². The third kappa shape index (κ3) is 4.73. The molecule has 1 saturated heterocycles. The van der Waals surface area contributed by atoms with Gasteiger partial charge in [0.15, 0.2) is 0 Å². The molecule has 0 amide bonds. The first-order valence-corrected chi connectivity index (χ1v) is 8.11. The van der Waals surface area contributed by atoms with Crippen molar-refractivity contribution in [3.8, 4) is 0 Å². The Hall–Kier alpha value is -0.120. The number of nitrogens with one attached hydrogen (secondary N) is 1. The van der Waals surface area contributed by atoms with E-state index in [1.807, 2.05) is 7.11 Å². The number of ether oxygens (including phenoxy) is 1. The fraction of sp³-hybridized carbons (Fsp3) is 1.00. The minimum atomic E-state index is -0.0263. The molecule has 1 unspecified atom stereocenters. The molecule has 1 N–H and O–H groups in total. The summed E-state index contributed by atoms with van der Waals surface area (Å²) in [5.74, 6) is 0.903. The van der Waals surface area contributed by atoms with E-state index in [2.05, 4.69) is 24.1 Å². The van der Waals surface area contributed by atoms with E-state index in [4.69, 9.17) is 4.74 Å². The van der Waals surface area contributed by atoms with Crippen molar-refractivity contribution in [1.29, 1.82) is 0 Å². The van der Waals surface area contributed by atoms with Gasteiger partial charge in [0.1, 0.15) is 0 Å². The Kier molecular flexibility index (Phi) is 5.67. The number of hydrogen-bond acceptors (Lipinski definition) is 3. The molecule has 3 heteroatoms. The normalized spacial score (nSPS) is 28.3. The SMILES string of the molecule is COC(C)(C)CN1CCCNC(C2CCCCC2)C1. The van der Waals surface area contributed by atoms with Crippen molar-refractivity contribution in [2.45, 2.75) is 64.0 Å². The molecular formula is C16H32N2O. The standard InChI is InChI=1S/C16H32N2O/c1-16(2,19-3)13-18-11-7-10-17-15(12-18)14-8-5-4-6-9-14/h14-15,17H,4-13H2,1-3H3. The fourth-order valence-electron chi connectivity index (χ4n) is 3.62. The maximum Gasteiger partial charge on any atom is 0.0749 e. The number of nitrogens with zero attached hydrogens (tertiary/aromatic N) is 1. The predicted molar refractivity (Wildman–Crippen MR) is 80.5 cm³/mol. The fourth-order valence-corrected chi connectivity index (χ4v) is 3.62. The van der Waals surface area contributed by atoms with Crippen LogP contribution in [0.2, 0.25) is 0 Å². The predicted octanol–water partition coefficient (Wildman–Crippen LogP) is 2.66. The van der Waals surface area contributed by atoms with Crippen LogP contribution in [-0.2, 0) is 4.74 Å². The zero-order chi connectivity index (χ0) is 13.7. The van der Waals surface area contributed by atoms with Gasteiger partial charge in [-0.05, 0) is 52.1 Å². The average Bonchev–Trinajstić information content (AvgIpc) is 2.65. The molecule has 0 aromatic carbocycles. The van der Waals surface area contributed by atoms with Crippen molar-refractivity contribution < 1.29 is 4.74 Å². The Morgan fingerprint density at radius 2 is 1.89 bits per heavy atom. The quantitative estimate of drug-likeness (QED) is 0.848. The molecule has 2 rings (SSSR count). The molecule has 19 heavy (non-hydrogen) atoms. The van der Waals surface area contributed by atoms with Crippen molar-refractivity contribution in [3.63, 3.8) is 0 Å². The first kappa shape index (κ1) is 15.3. The zero-order valence-corrected chi connectivity index (χ0v) is 13.1. The van der Waals surface area contributed by atoms with Gasteiger partial charge in [0, 0.05) is 26.2 Å². The molecule has 2 aliphatic rings. The summed E-state index contributed by atoms with van der Waals surface area (Å²) in [4.78, 5) is 2.61. The summed E-state index contributed by atoms with van der Waals surface area (Å²) < 4.78 is 5.60. The van der Waals surface area contributed by atoms with Gasteiger partial charge >= 0.3 is 0 Å². The molecule has 0 bridgehead atoms. The maximum atomic E-state index is 5.60.